The van der Waals surface area contributed by atoms with Crippen LogP contribution < -0.4 is 20.1 Å². The van der Waals surface area contributed by atoms with Gasteiger partial charge in [0.05, 0.1) is 13.2 Å². The minimum absolute atomic E-state index is 0.549. The lowest BCUT2D eigenvalue weighted by Crippen LogP contribution is -2.18. The van der Waals surface area contributed by atoms with Crippen LogP contribution in [0.25, 0.3) is 0 Å². The molecule has 0 saturated heterocycles. The topological polar surface area (TPSA) is 42.5 Å². The van der Waals surface area contributed by atoms with Gasteiger partial charge in [0.1, 0.15) is 11.5 Å². The molecule has 28 heavy (non-hydrogen) atoms. The van der Waals surface area contributed by atoms with Crippen LogP contribution in [0, 0.1) is 0 Å². The Morgan fingerprint density at radius 1 is 0.679 bits per heavy atom. The molecular weight excluding hydrogens is 368 g/mol. The fourth-order valence-corrected chi connectivity index (χ4v) is 2.88. The molecule has 0 aliphatic carbocycles. The van der Waals surface area contributed by atoms with Crippen LogP contribution in [-0.4, -0.2) is 18.3 Å². The van der Waals surface area contributed by atoms with Crippen molar-refractivity contribution < 1.29 is 9.47 Å². The van der Waals surface area contributed by atoms with Crippen molar-refractivity contribution in [2.24, 2.45) is 0 Å². The van der Waals surface area contributed by atoms with Crippen molar-refractivity contribution in [3.8, 4) is 11.5 Å². The maximum Gasteiger partial charge on any atom is 0.175 e. The normalized spacial score (nSPS) is 10.4. The van der Waals surface area contributed by atoms with E-state index >= 15 is 0 Å². The van der Waals surface area contributed by atoms with Crippen molar-refractivity contribution in [2.75, 3.05) is 23.8 Å². The zero-order chi connectivity index (χ0) is 20.0. The Morgan fingerprint density at radius 3 is 1.43 bits per heavy atom. The quantitative estimate of drug-likeness (QED) is 0.309. The molecule has 0 aliphatic heterocycles. The van der Waals surface area contributed by atoms with E-state index in [2.05, 4.69) is 24.5 Å². The highest BCUT2D eigenvalue weighted by molar-refractivity contribution is 7.80. The number of anilines is 2. The minimum Gasteiger partial charge on any atom is -0.494 e. The Kier molecular flexibility index (Phi) is 10.2. The number of ether oxygens (including phenoxy) is 2. The average molecular weight is 401 g/mol. The van der Waals surface area contributed by atoms with Gasteiger partial charge in [0, 0.05) is 11.4 Å². The molecule has 0 radical (unpaired) electrons. The van der Waals surface area contributed by atoms with Gasteiger partial charge in [0.25, 0.3) is 0 Å². The maximum absolute atomic E-state index is 5.73. The first kappa shape index (κ1) is 22.0. The summed E-state index contributed by atoms with van der Waals surface area (Å²) in [5.74, 6) is 1.77. The summed E-state index contributed by atoms with van der Waals surface area (Å²) < 4.78 is 11.5. The number of hydrogen-bond acceptors (Lipinski definition) is 3. The van der Waals surface area contributed by atoms with Gasteiger partial charge in [-0.1, -0.05) is 39.5 Å². The Bertz CT molecular complexity index is 627. The van der Waals surface area contributed by atoms with Gasteiger partial charge < -0.3 is 20.1 Å². The molecule has 0 spiro atoms. The van der Waals surface area contributed by atoms with E-state index in [9.17, 15) is 0 Å². The third kappa shape index (κ3) is 8.61. The van der Waals surface area contributed by atoms with Gasteiger partial charge in [-0.2, -0.15) is 0 Å². The number of nitrogens with one attached hydrogen (secondary N) is 2. The van der Waals surface area contributed by atoms with Crippen molar-refractivity contribution in [3.63, 3.8) is 0 Å². The maximum atomic E-state index is 5.73. The number of unbranched alkanes of at least 4 members (excludes halogenated alkanes) is 4. The predicted octanol–water partition coefficient (Wildman–Crippen LogP) is 6.63. The van der Waals surface area contributed by atoms with Crippen molar-refractivity contribution in [1.82, 2.24) is 0 Å². The molecule has 2 aromatic rings. The molecule has 0 heterocycles. The van der Waals surface area contributed by atoms with Crippen molar-refractivity contribution in [1.29, 1.82) is 0 Å². The van der Waals surface area contributed by atoms with Crippen molar-refractivity contribution in [3.05, 3.63) is 48.5 Å². The summed E-state index contributed by atoms with van der Waals surface area (Å²) in [6, 6.07) is 15.7. The SMILES string of the molecule is CCCCCOc1ccc(NC(=S)Nc2ccc(OCCCCC)cc2)cc1. The summed E-state index contributed by atoms with van der Waals surface area (Å²) in [7, 11) is 0. The van der Waals surface area contributed by atoms with Crippen LogP contribution in [0.15, 0.2) is 48.5 Å². The third-order valence-electron chi connectivity index (χ3n) is 4.26. The fourth-order valence-electron chi connectivity index (χ4n) is 2.65. The Hall–Kier alpha value is -2.27. The summed E-state index contributed by atoms with van der Waals surface area (Å²) in [5.41, 5.74) is 1.85. The summed E-state index contributed by atoms with van der Waals surface area (Å²) in [6.07, 6.45) is 6.98. The molecule has 0 atom stereocenters. The summed E-state index contributed by atoms with van der Waals surface area (Å²) in [6.45, 7) is 5.90. The van der Waals surface area contributed by atoms with Crippen LogP contribution in [0.1, 0.15) is 52.4 Å². The summed E-state index contributed by atoms with van der Waals surface area (Å²) in [5, 5.41) is 6.93. The van der Waals surface area contributed by atoms with E-state index in [0.717, 1.165) is 48.9 Å². The lowest BCUT2D eigenvalue weighted by Gasteiger charge is -2.12. The molecule has 0 unspecified atom stereocenters. The molecular formula is C23H32N2O2S. The zero-order valence-corrected chi connectivity index (χ0v) is 17.8. The van der Waals surface area contributed by atoms with Gasteiger partial charge in [-0.15, -0.1) is 0 Å². The van der Waals surface area contributed by atoms with E-state index in [1.54, 1.807) is 0 Å². The van der Waals surface area contributed by atoms with Crippen LogP contribution in [0.4, 0.5) is 11.4 Å². The first-order valence-electron chi connectivity index (χ1n) is 10.2. The molecule has 0 fully saturated rings. The van der Waals surface area contributed by atoms with Gasteiger partial charge in [-0.3, -0.25) is 0 Å². The van der Waals surface area contributed by atoms with E-state index < -0.39 is 0 Å². The third-order valence-corrected chi connectivity index (χ3v) is 4.46. The molecule has 2 N–H and O–H groups in total. The second-order valence-corrected chi connectivity index (χ2v) is 7.15. The molecule has 4 nitrogen and oxygen atoms in total. The van der Waals surface area contributed by atoms with Crippen LogP contribution in [0.2, 0.25) is 0 Å². The van der Waals surface area contributed by atoms with Gasteiger partial charge in [0.2, 0.25) is 0 Å². The number of thiocarbonyl (C=S) groups is 1. The lowest BCUT2D eigenvalue weighted by molar-refractivity contribution is 0.306. The van der Waals surface area contributed by atoms with Crippen LogP contribution in [-0.2, 0) is 0 Å². The molecule has 2 rings (SSSR count). The highest BCUT2D eigenvalue weighted by Crippen LogP contribution is 2.18. The van der Waals surface area contributed by atoms with Gasteiger partial charge in [-0.05, 0) is 73.6 Å². The first-order chi connectivity index (χ1) is 13.7. The van der Waals surface area contributed by atoms with E-state index in [4.69, 9.17) is 21.7 Å². The zero-order valence-electron chi connectivity index (χ0n) is 17.0. The lowest BCUT2D eigenvalue weighted by atomic mass is 10.2. The summed E-state index contributed by atoms with van der Waals surface area (Å²) >= 11 is 5.40. The Morgan fingerprint density at radius 2 is 1.07 bits per heavy atom. The monoisotopic (exact) mass is 400 g/mol. The van der Waals surface area contributed by atoms with Crippen molar-refractivity contribution in [2.45, 2.75) is 52.4 Å². The number of benzene rings is 2. The molecule has 0 bridgehead atoms. The second kappa shape index (κ2) is 13.0. The average Bonchev–Trinajstić information content (AvgIpc) is 2.71. The molecule has 0 amide bonds. The Labute approximate surface area is 174 Å². The van der Waals surface area contributed by atoms with E-state index in [1.165, 1.54) is 25.7 Å². The molecule has 0 saturated carbocycles. The molecule has 5 heteroatoms. The smallest absolute Gasteiger partial charge is 0.175 e. The van der Waals surface area contributed by atoms with Gasteiger partial charge in [-0.25, -0.2) is 0 Å². The van der Waals surface area contributed by atoms with Crippen LogP contribution in [0.5, 0.6) is 11.5 Å². The predicted molar refractivity (Wildman–Crippen MR) is 123 cm³/mol. The first-order valence-corrected chi connectivity index (χ1v) is 10.7. The van der Waals surface area contributed by atoms with Crippen LogP contribution in [0.3, 0.4) is 0 Å². The largest absolute Gasteiger partial charge is 0.494 e. The molecule has 2 aromatic carbocycles. The highest BCUT2D eigenvalue weighted by Gasteiger charge is 2.01. The standard InChI is InChI=1S/C23H32N2O2S/c1-3-5-7-17-26-21-13-9-19(10-14-21)24-23(28)25-20-11-15-22(16-12-20)27-18-8-6-4-2/h9-16H,3-8,17-18H2,1-2H3,(H2,24,25,28). The van der Waals surface area contributed by atoms with E-state index in [-0.39, 0.29) is 0 Å². The van der Waals surface area contributed by atoms with E-state index in [1.807, 2.05) is 48.5 Å². The number of rotatable bonds is 12. The van der Waals surface area contributed by atoms with Crippen LogP contribution >= 0.6 is 12.2 Å². The molecule has 152 valence electrons. The Balaban J connectivity index is 1.74. The van der Waals surface area contributed by atoms with Gasteiger partial charge in [0.15, 0.2) is 5.11 Å². The van der Waals surface area contributed by atoms with Gasteiger partial charge >= 0.3 is 0 Å². The fraction of sp³-hybridized carbons (Fsp3) is 0.435. The number of hydrogen-bond donors (Lipinski definition) is 2. The van der Waals surface area contributed by atoms with E-state index in [0.29, 0.717) is 5.11 Å². The molecule has 0 aliphatic rings. The minimum atomic E-state index is 0.549. The molecule has 0 aromatic heterocycles. The summed E-state index contributed by atoms with van der Waals surface area (Å²) in [4.78, 5) is 0. The second-order valence-electron chi connectivity index (χ2n) is 6.74. The highest BCUT2D eigenvalue weighted by atomic mass is 32.1. The van der Waals surface area contributed by atoms with Crippen molar-refractivity contribution >= 4 is 28.7 Å².